The second-order valence-electron chi connectivity index (χ2n) is 6.49. The van der Waals surface area contributed by atoms with E-state index in [2.05, 4.69) is 47.5 Å². The maximum absolute atomic E-state index is 5.38. The average Bonchev–Trinajstić information content (AvgIpc) is 2.86. The second kappa shape index (κ2) is 6.93. The van der Waals surface area contributed by atoms with Gasteiger partial charge >= 0.3 is 0 Å². The van der Waals surface area contributed by atoms with Crippen LogP contribution in [0.15, 0.2) is 0 Å². The monoisotopic (exact) mass is 298 g/mol. The quantitative estimate of drug-likeness (QED) is 0.896. The van der Waals surface area contributed by atoms with Crippen molar-refractivity contribution in [2.45, 2.75) is 45.7 Å². The Bertz CT molecular complexity index is 410. The van der Waals surface area contributed by atoms with Gasteiger partial charge in [-0.05, 0) is 18.5 Å². The second-order valence-corrected chi connectivity index (χ2v) is 7.33. The number of hydrogen-bond donors (Lipinski definition) is 1. The molecule has 1 N–H and O–H groups in total. The van der Waals surface area contributed by atoms with E-state index in [4.69, 9.17) is 4.74 Å². The fourth-order valence-electron chi connectivity index (χ4n) is 2.40. The third-order valence-electron chi connectivity index (χ3n) is 3.51. The molecule has 0 aliphatic carbocycles. The van der Waals surface area contributed by atoms with Crippen LogP contribution in [0.5, 0.6) is 0 Å². The van der Waals surface area contributed by atoms with E-state index in [1.807, 2.05) is 0 Å². The highest BCUT2D eigenvalue weighted by atomic mass is 32.1. The summed E-state index contributed by atoms with van der Waals surface area (Å²) in [6, 6.07) is 0.461. The molecule has 1 aliphatic heterocycles. The Morgan fingerprint density at radius 3 is 2.70 bits per heavy atom. The van der Waals surface area contributed by atoms with Gasteiger partial charge in [-0.3, -0.25) is 4.90 Å². The molecule has 0 spiro atoms. The third-order valence-corrected chi connectivity index (χ3v) is 4.23. The maximum Gasteiger partial charge on any atom is 0.0854 e. The standard InChI is InChI=1S/C14H26N4OS/c1-11(10-18-5-7-19-8-6-18)15-9-12-13(14(2,3)4)16-17-20-12/h11,15H,5-10H2,1-4H3. The molecule has 6 heteroatoms. The molecule has 1 aromatic heterocycles. The minimum Gasteiger partial charge on any atom is -0.379 e. The lowest BCUT2D eigenvalue weighted by molar-refractivity contribution is 0.0343. The van der Waals surface area contributed by atoms with E-state index >= 15 is 0 Å². The molecule has 2 heterocycles. The molecule has 114 valence electrons. The highest BCUT2D eigenvalue weighted by molar-refractivity contribution is 7.05. The van der Waals surface area contributed by atoms with Crippen molar-refractivity contribution in [3.8, 4) is 0 Å². The van der Waals surface area contributed by atoms with Crippen LogP contribution in [-0.2, 0) is 16.7 Å². The molecule has 0 bridgehead atoms. The van der Waals surface area contributed by atoms with Crippen LogP contribution in [0.25, 0.3) is 0 Å². The molecule has 20 heavy (non-hydrogen) atoms. The first-order chi connectivity index (χ1) is 9.47. The summed E-state index contributed by atoms with van der Waals surface area (Å²) in [5, 5.41) is 7.88. The van der Waals surface area contributed by atoms with E-state index < -0.39 is 0 Å². The summed E-state index contributed by atoms with van der Waals surface area (Å²) >= 11 is 1.51. The Morgan fingerprint density at radius 2 is 2.05 bits per heavy atom. The Morgan fingerprint density at radius 1 is 1.35 bits per heavy atom. The van der Waals surface area contributed by atoms with Crippen molar-refractivity contribution >= 4 is 11.5 Å². The van der Waals surface area contributed by atoms with Crippen molar-refractivity contribution in [2.24, 2.45) is 0 Å². The molecule has 1 aliphatic rings. The van der Waals surface area contributed by atoms with Crippen molar-refractivity contribution in [1.82, 2.24) is 19.8 Å². The normalized spacial score (nSPS) is 19.2. The first kappa shape index (κ1) is 15.8. The summed E-state index contributed by atoms with van der Waals surface area (Å²) in [7, 11) is 0. The largest absolute Gasteiger partial charge is 0.379 e. The fourth-order valence-corrected chi connectivity index (χ4v) is 3.20. The number of morpholine rings is 1. The van der Waals surface area contributed by atoms with Gasteiger partial charge in [-0.2, -0.15) is 0 Å². The highest BCUT2D eigenvalue weighted by Crippen LogP contribution is 2.25. The summed E-state index contributed by atoms with van der Waals surface area (Å²) in [6.07, 6.45) is 0. The third kappa shape index (κ3) is 4.48. The summed E-state index contributed by atoms with van der Waals surface area (Å²) < 4.78 is 9.48. The van der Waals surface area contributed by atoms with Gasteiger partial charge in [0, 0.05) is 37.6 Å². The first-order valence-corrected chi connectivity index (χ1v) is 8.09. The van der Waals surface area contributed by atoms with Crippen LogP contribution < -0.4 is 5.32 Å². The van der Waals surface area contributed by atoms with Crippen molar-refractivity contribution in [3.05, 3.63) is 10.6 Å². The molecule has 0 amide bonds. The van der Waals surface area contributed by atoms with Gasteiger partial charge in [0.1, 0.15) is 0 Å². The van der Waals surface area contributed by atoms with E-state index in [-0.39, 0.29) is 5.41 Å². The Labute approximate surface area is 125 Å². The van der Waals surface area contributed by atoms with Crippen LogP contribution in [0.1, 0.15) is 38.3 Å². The molecular weight excluding hydrogens is 272 g/mol. The van der Waals surface area contributed by atoms with Gasteiger partial charge < -0.3 is 10.1 Å². The average molecular weight is 298 g/mol. The predicted molar refractivity (Wildman–Crippen MR) is 82.2 cm³/mol. The highest BCUT2D eigenvalue weighted by Gasteiger charge is 2.22. The number of rotatable bonds is 5. The van der Waals surface area contributed by atoms with Gasteiger partial charge in [0.25, 0.3) is 0 Å². The minimum absolute atomic E-state index is 0.0669. The zero-order valence-electron chi connectivity index (χ0n) is 13.0. The summed E-state index contributed by atoms with van der Waals surface area (Å²) in [6.45, 7) is 14.5. The lowest BCUT2D eigenvalue weighted by Gasteiger charge is -2.29. The molecule has 1 aromatic rings. The SMILES string of the molecule is CC(CN1CCOCC1)NCc1snnc1C(C)(C)C. The zero-order valence-corrected chi connectivity index (χ0v) is 13.8. The lowest BCUT2D eigenvalue weighted by Crippen LogP contribution is -2.44. The Hall–Kier alpha value is -0.560. The van der Waals surface area contributed by atoms with Crippen molar-refractivity contribution in [1.29, 1.82) is 0 Å². The van der Waals surface area contributed by atoms with E-state index in [1.54, 1.807) is 0 Å². The lowest BCUT2D eigenvalue weighted by atomic mass is 9.91. The molecule has 1 fully saturated rings. The first-order valence-electron chi connectivity index (χ1n) is 7.32. The van der Waals surface area contributed by atoms with Gasteiger partial charge in [-0.1, -0.05) is 25.3 Å². The summed E-state index contributed by atoms with van der Waals surface area (Å²) in [5.41, 5.74) is 1.19. The zero-order chi connectivity index (χ0) is 14.6. The number of nitrogens with one attached hydrogen (secondary N) is 1. The molecular formula is C14H26N4OS. The molecule has 5 nitrogen and oxygen atoms in total. The minimum atomic E-state index is 0.0669. The smallest absolute Gasteiger partial charge is 0.0854 e. The topological polar surface area (TPSA) is 50.3 Å². The van der Waals surface area contributed by atoms with Crippen LogP contribution in [0, 0.1) is 0 Å². The Balaban J connectivity index is 1.81. The van der Waals surface area contributed by atoms with Crippen LogP contribution in [0.2, 0.25) is 0 Å². The molecule has 0 saturated carbocycles. The number of nitrogens with zero attached hydrogens (tertiary/aromatic N) is 3. The van der Waals surface area contributed by atoms with Crippen molar-refractivity contribution < 1.29 is 4.74 Å². The molecule has 1 atom stereocenters. The van der Waals surface area contributed by atoms with E-state index in [0.29, 0.717) is 6.04 Å². The van der Waals surface area contributed by atoms with E-state index in [0.717, 1.165) is 45.1 Å². The van der Waals surface area contributed by atoms with Crippen molar-refractivity contribution in [2.75, 3.05) is 32.8 Å². The Kier molecular flexibility index (Phi) is 5.49. The molecule has 0 radical (unpaired) electrons. The van der Waals surface area contributed by atoms with E-state index in [9.17, 15) is 0 Å². The molecule has 1 unspecified atom stereocenters. The van der Waals surface area contributed by atoms with Crippen molar-refractivity contribution in [3.63, 3.8) is 0 Å². The van der Waals surface area contributed by atoms with E-state index in [1.165, 1.54) is 16.4 Å². The van der Waals surface area contributed by atoms with Crippen LogP contribution in [-0.4, -0.2) is 53.4 Å². The maximum atomic E-state index is 5.38. The van der Waals surface area contributed by atoms with Gasteiger partial charge in [0.2, 0.25) is 0 Å². The van der Waals surface area contributed by atoms with Crippen LogP contribution in [0.3, 0.4) is 0 Å². The fraction of sp³-hybridized carbons (Fsp3) is 0.857. The number of aromatic nitrogens is 2. The van der Waals surface area contributed by atoms with Gasteiger partial charge in [-0.15, -0.1) is 5.10 Å². The number of hydrogen-bond acceptors (Lipinski definition) is 6. The molecule has 1 saturated heterocycles. The van der Waals surface area contributed by atoms with Gasteiger partial charge in [0.05, 0.1) is 23.8 Å². The molecule has 2 rings (SSSR count). The number of ether oxygens (including phenoxy) is 1. The van der Waals surface area contributed by atoms with Gasteiger partial charge in [-0.25, -0.2) is 0 Å². The van der Waals surface area contributed by atoms with Crippen LogP contribution >= 0.6 is 11.5 Å². The summed E-state index contributed by atoms with van der Waals surface area (Å²) in [4.78, 5) is 3.71. The van der Waals surface area contributed by atoms with Gasteiger partial charge in [0.15, 0.2) is 0 Å². The molecule has 0 aromatic carbocycles. The predicted octanol–water partition coefficient (Wildman–Crippen LogP) is 1.65. The summed E-state index contributed by atoms with van der Waals surface area (Å²) in [5.74, 6) is 0. The van der Waals surface area contributed by atoms with Crippen LogP contribution in [0.4, 0.5) is 0 Å².